The molecule has 0 N–H and O–H groups in total. The van der Waals surface area contributed by atoms with Crippen molar-refractivity contribution in [2.24, 2.45) is 0 Å². The van der Waals surface area contributed by atoms with E-state index in [4.69, 9.17) is 0 Å². The van der Waals surface area contributed by atoms with Gasteiger partial charge < -0.3 is 0 Å². The van der Waals surface area contributed by atoms with E-state index in [1.54, 1.807) is 0 Å². The molecular weight excluding hydrogens is 775 g/mol. The Morgan fingerprint density at radius 3 is 1.48 bits per heavy atom. The molecule has 0 saturated heterocycles. The van der Waals surface area contributed by atoms with E-state index in [-0.39, 0.29) is 35.6 Å². The van der Waals surface area contributed by atoms with Gasteiger partial charge >= 0.3 is 99.2 Å². The molecule has 0 amide bonds. The summed E-state index contributed by atoms with van der Waals surface area (Å²) in [7, 11) is 0. The van der Waals surface area contributed by atoms with Crippen LogP contribution in [0.5, 0.6) is 0 Å². The molecule has 272 valence electrons. The Morgan fingerprint density at radius 1 is 0.556 bits per heavy atom. The second-order valence-corrected chi connectivity index (χ2v) is 16.8. The Bertz CT molecular complexity index is 2030. The van der Waals surface area contributed by atoms with E-state index < -0.39 is 0 Å². The molecule has 0 aliphatic heterocycles. The average Bonchev–Trinajstić information content (AvgIpc) is 3.86. The summed E-state index contributed by atoms with van der Waals surface area (Å²) in [6.45, 7) is 13.9. The van der Waals surface area contributed by atoms with Gasteiger partial charge in [0, 0.05) is 0 Å². The first kappa shape index (κ1) is 42.9. The summed E-state index contributed by atoms with van der Waals surface area (Å²) in [5.74, 6) is 0. The van der Waals surface area contributed by atoms with Gasteiger partial charge in [-0.05, 0) is 39.5 Å². The minimum atomic E-state index is 0. The number of hydrogen-bond acceptors (Lipinski definition) is 0. The van der Waals surface area contributed by atoms with Crippen LogP contribution >= 0.6 is 24.8 Å². The van der Waals surface area contributed by atoms with Gasteiger partial charge in [-0.3, -0.25) is 6.08 Å². The minimum absolute atomic E-state index is 0. The van der Waals surface area contributed by atoms with E-state index in [0.717, 1.165) is 12.8 Å². The number of rotatable bonds is 4. The maximum atomic E-state index is 3.88. The van der Waals surface area contributed by atoms with Crippen LogP contribution in [0.15, 0.2) is 158 Å². The second kappa shape index (κ2) is 19.1. The first-order chi connectivity index (χ1) is 25.0. The molecule has 8 rings (SSSR count). The van der Waals surface area contributed by atoms with E-state index in [9.17, 15) is 0 Å². The predicted octanol–water partition coefficient (Wildman–Crippen LogP) is 13.9. The van der Waals surface area contributed by atoms with Crippen LogP contribution in [0.2, 0.25) is 0 Å². The van der Waals surface area contributed by atoms with Crippen LogP contribution in [0.3, 0.4) is 0 Å². The van der Waals surface area contributed by atoms with Crippen LogP contribution in [0.25, 0.3) is 33.4 Å². The molecule has 6 aromatic carbocycles. The monoisotopic (exact) mass is 822 g/mol. The van der Waals surface area contributed by atoms with E-state index in [1.165, 1.54) is 94.2 Å². The van der Waals surface area contributed by atoms with E-state index >= 15 is 0 Å². The van der Waals surface area contributed by atoms with Crippen LogP contribution in [0, 0.1) is 12.1 Å². The van der Waals surface area contributed by atoms with Gasteiger partial charge in [0.2, 0.25) is 0 Å². The number of hydrogen-bond donors (Lipinski definition) is 0. The molecule has 0 aromatic heterocycles. The van der Waals surface area contributed by atoms with Crippen molar-refractivity contribution in [2.45, 2.75) is 65.2 Å². The number of fused-ring (bicyclic) bond motifs is 3. The van der Waals surface area contributed by atoms with Gasteiger partial charge in [0.15, 0.2) is 0 Å². The Labute approximate surface area is 351 Å². The molecule has 6 aromatic rings. The Hall–Kier alpha value is -3.87. The number of halogens is 2. The predicted molar refractivity (Wildman–Crippen MR) is 234 cm³/mol. The van der Waals surface area contributed by atoms with Crippen LogP contribution in [-0.4, -0.2) is 3.21 Å². The molecule has 54 heavy (non-hydrogen) atoms. The first-order valence-corrected chi connectivity index (χ1v) is 19.5. The fourth-order valence-corrected chi connectivity index (χ4v) is 7.64. The quantitative estimate of drug-likeness (QED) is 0.155. The average molecular weight is 825 g/mol. The summed E-state index contributed by atoms with van der Waals surface area (Å²) < 4.78 is 1.42. The Kier molecular flexibility index (Phi) is 15.2. The van der Waals surface area contributed by atoms with Gasteiger partial charge in [-0.25, -0.2) is 12.2 Å². The SMILES string of the molecule is CC(C)(C)c1cc2c([c-]c1-c1ccccc1)Cc1cc(-c3ccccc3)c(C(C)(C)C)cc1-2.Cl.Cl.[C-]1=CC=CC1.[Zr+2]=[C](c1ccccc1)c1ccccc1. The third-order valence-electron chi connectivity index (χ3n) is 9.53. The fourth-order valence-electron chi connectivity index (χ4n) is 6.82. The summed E-state index contributed by atoms with van der Waals surface area (Å²) in [6, 6.07) is 53.9. The number of benzene rings is 6. The van der Waals surface area contributed by atoms with Crippen molar-refractivity contribution in [3.63, 3.8) is 0 Å². The van der Waals surface area contributed by atoms with E-state index in [2.05, 4.69) is 199 Å². The van der Waals surface area contributed by atoms with Crippen LogP contribution in [-0.2, 0) is 41.5 Å². The zero-order chi connectivity index (χ0) is 36.7. The zero-order valence-corrected chi connectivity index (χ0v) is 36.3. The van der Waals surface area contributed by atoms with Gasteiger partial charge in [0.25, 0.3) is 0 Å². The molecule has 0 heterocycles. The van der Waals surface area contributed by atoms with Crippen LogP contribution in [0.1, 0.15) is 81.3 Å². The molecule has 3 heteroatoms. The maximum absolute atomic E-state index is 3.88. The van der Waals surface area contributed by atoms with Crippen molar-refractivity contribution in [3.05, 3.63) is 203 Å². The van der Waals surface area contributed by atoms with Gasteiger partial charge in [-0.15, -0.1) is 60.1 Å². The van der Waals surface area contributed by atoms with E-state index in [0.29, 0.717) is 0 Å². The molecule has 0 spiro atoms. The van der Waals surface area contributed by atoms with Crippen molar-refractivity contribution < 1.29 is 24.2 Å². The molecule has 0 fully saturated rings. The summed E-state index contributed by atoms with van der Waals surface area (Å²) in [4.78, 5) is 0. The standard InChI is InChI=1S/C33H33.C13H10.C5H5.2ClH.Zr/c1-32(2,3)30-20-26-24(18-28(30)22-13-9-7-10-14-22)17-25-19-29(23-15-11-8-12-16-23)31(21-27(25)26)33(4,5)6;1-3-7-12(8-4-1)11-13-9-5-2-6-10-13;1-2-4-5-3-1;;;/h7-16,18,20-21H,17H2,1-6H3;1-10H;1-3H,4H2;2*1H;/q-1;;-1;;;+2. The molecule has 2 aliphatic carbocycles. The van der Waals surface area contributed by atoms with Crippen LogP contribution < -0.4 is 0 Å². The third-order valence-corrected chi connectivity index (χ3v) is 11.0. The Morgan fingerprint density at radius 2 is 1.04 bits per heavy atom. The van der Waals surface area contributed by atoms with Gasteiger partial charge in [0.05, 0.1) is 0 Å². The Balaban J connectivity index is 0.000000255. The zero-order valence-electron chi connectivity index (χ0n) is 32.2. The summed E-state index contributed by atoms with van der Waals surface area (Å²) in [5.41, 5.74) is 16.2. The molecule has 0 bridgehead atoms. The van der Waals surface area contributed by atoms with Gasteiger partial charge in [-0.2, -0.15) is 6.08 Å². The summed E-state index contributed by atoms with van der Waals surface area (Å²) >= 11 is 1.46. The molecule has 0 saturated carbocycles. The fraction of sp³-hybridized carbons (Fsp3) is 0.196. The van der Waals surface area contributed by atoms with Gasteiger partial charge in [0.1, 0.15) is 0 Å². The molecule has 0 unspecified atom stereocenters. The summed E-state index contributed by atoms with van der Waals surface area (Å²) in [5, 5.41) is 0. The number of allylic oxidation sites excluding steroid dienone is 4. The first-order valence-electron chi connectivity index (χ1n) is 18.3. The summed E-state index contributed by atoms with van der Waals surface area (Å²) in [6.07, 6.45) is 10.9. The second-order valence-electron chi connectivity index (χ2n) is 15.5. The van der Waals surface area contributed by atoms with Crippen LogP contribution in [0.4, 0.5) is 0 Å². The molecular formula is C51H50Cl2Zr. The molecule has 0 atom stereocenters. The topological polar surface area (TPSA) is 0 Å². The third kappa shape index (κ3) is 10.5. The van der Waals surface area contributed by atoms with Gasteiger partial charge in [-0.1, -0.05) is 131 Å². The molecule has 2 aliphatic rings. The van der Waals surface area contributed by atoms with Crippen molar-refractivity contribution in [1.82, 2.24) is 0 Å². The van der Waals surface area contributed by atoms with Crippen molar-refractivity contribution in [2.75, 3.05) is 0 Å². The molecule has 0 nitrogen and oxygen atoms in total. The molecule has 0 radical (unpaired) electrons. The van der Waals surface area contributed by atoms with E-state index in [1.807, 2.05) is 12.2 Å². The normalized spacial score (nSPS) is 12.1. The van der Waals surface area contributed by atoms with Crippen molar-refractivity contribution in [1.29, 1.82) is 0 Å². The van der Waals surface area contributed by atoms with Crippen molar-refractivity contribution >= 4 is 28.0 Å². The van der Waals surface area contributed by atoms with Crippen molar-refractivity contribution in [3.8, 4) is 33.4 Å².